The lowest BCUT2D eigenvalue weighted by Crippen LogP contribution is -2.50. The zero-order valence-corrected chi connectivity index (χ0v) is 17.9. The second-order valence-electron chi connectivity index (χ2n) is 7.93. The predicted molar refractivity (Wildman–Crippen MR) is 120 cm³/mol. The molecule has 4 rings (SSSR count). The highest BCUT2D eigenvalue weighted by Crippen LogP contribution is 2.19. The molecule has 0 aromatic heterocycles. The molecule has 1 unspecified atom stereocenters. The molecule has 2 amide bonds. The fourth-order valence-corrected chi connectivity index (χ4v) is 3.86. The number of hydrogen-bond donors (Lipinski definition) is 3. The molecule has 2 aliphatic heterocycles. The molecule has 172 valence electrons. The van der Waals surface area contributed by atoms with Crippen molar-refractivity contribution in [2.75, 3.05) is 13.1 Å². The zero-order valence-electron chi connectivity index (χ0n) is 17.9. The Morgan fingerprint density at radius 2 is 1.88 bits per heavy atom. The molecule has 2 heterocycles. The van der Waals surface area contributed by atoms with Gasteiger partial charge in [-0.25, -0.2) is 13.8 Å². The molecule has 4 N–H and O–H groups in total. The maximum absolute atomic E-state index is 14.0. The topological polar surface area (TPSA) is 112 Å². The van der Waals surface area contributed by atoms with Gasteiger partial charge < -0.3 is 16.0 Å². The fourth-order valence-electron chi connectivity index (χ4n) is 3.86. The number of rotatable bonds is 6. The van der Waals surface area contributed by atoms with Gasteiger partial charge in [-0.05, 0) is 43.2 Å². The number of halogens is 2. The van der Waals surface area contributed by atoms with Crippen LogP contribution < -0.4 is 16.5 Å². The molecular formula is C23H24F2N6O2. The van der Waals surface area contributed by atoms with Gasteiger partial charge in [-0.3, -0.25) is 15.0 Å². The number of carbonyl (C=O) groups is 2. The van der Waals surface area contributed by atoms with Crippen molar-refractivity contribution in [2.45, 2.75) is 31.8 Å². The van der Waals surface area contributed by atoms with Crippen LogP contribution in [0.25, 0.3) is 0 Å². The van der Waals surface area contributed by atoms with Gasteiger partial charge in [0, 0.05) is 37.2 Å². The monoisotopic (exact) mass is 454 g/mol. The number of nitrogens with one attached hydrogen (secondary N) is 2. The third-order valence-electron chi connectivity index (χ3n) is 5.63. The Balaban J connectivity index is 1.46. The van der Waals surface area contributed by atoms with Crippen LogP contribution in [0.15, 0.2) is 52.6 Å². The Labute approximate surface area is 189 Å². The van der Waals surface area contributed by atoms with Crippen LogP contribution in [0.5, 0.6) is 0 Å². The van der Waals surface area contributed by atoms with Gasteiger partial charge in [-0.1, -0.05) is 12.1 Å². The second-order valence-corrected chi connectivity index (χ2v) is 7.93. The quantitative estimate of drug-likeness (QED) is 0.621. The molecule has 1 saturated heterocycles. The summed E-state index contributed by atoms with van der Waals surface area (Å²) in [6, 6.07) is 10.2. The summed E-state index contributed by atoms with van der Waals surface area (Å²) in [5.41, 5.74) is 9.49. The Morgan fingerprint density at radius 1 is 1.15 bits per heavy atom. The van der Waals surface area contributed by atoms with E-state index in [0.29, 0.717) is 17.1 Å². The summed E-state index contributed by atoms with van der Waals surface area (Å²) in [7, 11) is 0. The number of hydrazone groups is 1. The Kier molecular flexibility index (Phi) is 6.74. The van der Waals surface area contributed by atoms with Gasteiger partial charge in [0.2, 0.25) is 0 Å². The SMILES string of the molecule is NC(=O)C1=NNC(=Nc2ccc(C(=O)N3CCCC3)cc2)CC1NCc1cccc(F)c1F. The number of hydrogen-bond acceptors (Lipinski definition) is 5. The number of aliphatic imine (C=N–C) groups is 1. The van der Waals surface area contributed by atoms with E-state index in [-0.39, 0.29) is 30.1 Å². The summed E-state index contributed by atoms with van der Waals surface area (Å²) in [6.45, 7) is 1.53. The molecule has 0 radical (unpaired) electrons. The Hall–Kier alpha value is -3.66. The van der Waals surface area contributed by atoms with Crippen LogP contribution in [-0.2, 0) is 11.3 Å². The molecule has 0 saturated carbocycles. The molecule has 8 nitrogen and oxygen atoms in total. The fraction of sp³-hybridized carbons (Fsp3) is 0.304. The van der Waals surface area contributed by atoms with E-state index < -0.39 is 23.6 Å². The minimum atomic E-state index is -0.950. The number of amidine groups is 1. The normalized spacial score (nSPS) is 19.3. The minimum Gasteiger partial charge on any atom is -0.364 e. The van der Waals surface area contributed by atoms with Crippen molar-refractivity contribution in [2.24, 2.45) is 15.8 Å². The number of nitrogens with zero attached hydrogens (tertiary/aromatic N) is 3. The lowest BCUT2D eigenvalue weighted by atomic mass is 10.0. The molecule has 1 atom stereocenters. The van der Waals surface area contributed by atoms with Crippen LogP contribution in [0.3, 0.4) is 0 Å². The van der Waals surface area contributed by atoms with Gasteiger partial charge in [-0.2, -0.15) is 5.10 Å². The predicted octanol–water partition coefficient (Wildman–Crippen LogP) is 2.22. The minimum absolute atomic E-state index is 0.00652. The van der Waals surface area contributed by atoms with Crippen molar-refractivity contribution >= 4 is 29.0 Å². The van der Waals surface area contributed by atoms with Gasteiger partial charge in [0.05, 0.1) is 11.7 Å². The molecule has 10 heteroatoms. The molecule has 0 bridgehead atoms. The van der Waals surface area contributed by atoms with Crippen LogP contribution in [-0.4, -0.2) is 47.4 Å². The van der Waals surface area contributed by atoms with E-state index in [1.165, 1.54) is 12.1 Å². The number of benzene rings is 2. The van der Waals surface area contributed by atoms with Crippen LogP contribution in [0.2, 0.25) is 0 Å². The second kappa shape index (κ2) is 9.86. The lowest BCUT2D eigenvalue weighted by molar-refractivity contribution is -0.112. The lowest BCUT2D eigenvalue weighted by Gasteiger charge is -2.24. The van der Waals surface area contributed by atoms with Crippen molar-refractivity contribution in [1.82, 2.24) is 15.6 Å². The van der Waals surface area contributed by atoms with Gasteiger partial charge in [-0.15, -0.1) is 0 Å². The zero-order chi connectivity index (χ0) is 23.4. The third-order valence-corrected chi connectivity index (χ3v) is 5.63. The highest BCUT2D eigenvalue weighted by atomic mass is 19.2. The number of likely N-dealkylation sites (tertiary alicyclic amines) is 1. The van der Waals surface area contributed by atoms with Crippen LogP contribution in [0.4, 0.5) is 14.5 Å². The third kappa shape index (κ3) is 5.23. The first-order valence-corrected chi connectivity index (χ1v) is 10.7. The van der Waals surface area contributed by atoms with Crippen molar-refractivity contribution in [3.8, 4) is 0 Å². The largest absolute Gasteiger partial charge is 0.364 e. The van der Waals surface area contributed by atoms with Gasteiger partial charge in [0.25, 0.3) is 11.8 Å². The van der Waals surface area contributed by atoms with E-state index in [9.17, 15) is 18.4 Å². The maximum atomic E-state index is 14.0. The molecule has 2 aromatic rings. The average Bonchev–Trinajstić information content (AvgIpc) is 3.35. The average molecular weight is 454 g/mol. The summed E-state index contributed by atoms with van der Waals surface area (Å²) >= 11 is 0. The van der Waals surface area contributed by atoms with Crippen LogP contribution in [0.1, 0.15) is 35.2 Å². The van der Waals surface area contributed by atoms with Crippen LogP contribution >= 0.6 is 0 Å². The number of nitrogens with two attached hydrogens (primary N) is 1. The molecular weight excluding hydrogens is 430 g/mol. The standard InChI is InChI=1S/C23H24F2N6O2/c24-17-5-3-4-15(20(17)25)13-27-18-12-19(29-30-21(18)22(26)32)28-16-8-6-14(7-9-16)23(33)31-10-1-2-11-31/h3-9,18,27H,1-2,10-13H2,(H2,26,32)(H,28,29). The van der Waals surface area contributed by atoms with E-state index in [4.69, 9.17) is 5.73 Å². The summed E-state index contributed by atoms with van der Waals surface area (Å²) < 4.78 is 27.4. The van der Waals surface area contributed by atoms with Gasteiger partial charge >= 0.3 is 0 Å². The summed E-state index contributed by atoms with van der Waals surface area (Å²) in [5, 5.41) is 7.01. The summed E-state index contributed by atoms with van der Waals surface area (Å²) in [5.74, 6) is -2.17. The first kappa shape index (κ1) is 22.5. The molecule has 1 fully saturated rings. The van der Waals surface area contributed by atoms with E-state index >= 15 is 0 Å². The van der Waals surface area contributed by atoms with Gasteiger partial charge in [0.1, 0.15) is 11.5 Å². The smallest absolute Gasteiger partial charge is 0.266 e. The van der Waals surface area contributed by atoms with Crippen molar-refractivity contribution in [3.63, 3.8) is 0 Å². The van der Waals surface area contributed by atoms with E-state index in [1.54, 1.807) is 24.3 Å². The number of primary amides is 1. The van der Waals surface area contributed by atoms with E-state index in [2.05, 4.69) is 20.8 Å². The van der Waals surface area contributed by atoms with Crippen molar-refractivity contribution in [3.05, 3.63) is 65.2 Å². The van der Waals surface area contributed by atoms with Crippen LogP contribution in [0, 0.1) is 11.6 Å². The molecule has 0 aliphatic carbocycles. The highest BCUT2D eigenvalue weighted by Gasteiger charge is 2.27. The highest BCUT2D eigenvalue weighted by molar-refractivity contribution is 6.41. The summed E-state index contributed by atoms with van der Waals surface area (Å²) in [6.07, 6.45) is 2.28. The van der Waals surface area contributed by atoms with E-state index in [1.807, 2.05) is 4.90 Å². The molecule has 0 spiro atoms. The molecule has 33 heavy (non-hydrogen) atoms. The molecule has 2 aliphatic rings. The van der Waals surface area contributed by atoms with Crippen molar-refractivity contribution in [1.29, 1.82) is 0 Å². The Morgan fingerprint density at radius 3 is 2.58 bits per heavy atom. The first-order chi connectivity index (χ1) is 15.9. The number of carbonyl (C=O) groups excluding carboxylic acids is 2. The summed E-state index contributed by atoms with van der Waals surface area (Å²) in [4.78, 5) is 30.6. The van der Waals surface area contributed by atoms with E-state index in [0.717, 1.165) is 32.0 Å². The Bertz CT molecular complexity index is 1110. The molecule has 2 aromatic carbocycles. The maximum Gasteiger partial charge on any atom is 0.266 e. The van der Waals surface area contributed by atoms with Crippen molar-refractivity contribution < 1.29 is 18.4 Å². The number of amides is 2. The first-order valence-electron chi connectivity index (χ1n) is 10.7. The van der Waals surface area contributed by atoms with Gasteiger partial charge in [0.15, 0.2) is 11.6 Å².